The molecular weight excluding hydrogens is 226 g/mol. The molecule has 0 atom stereocenters. The number of benzene rings is 1. The molecule has 0 amide bonds. The minimum absolute atomic E-state index is 0.680. The Morgan fingerprint density at radius 2 is 1.94 bits per heavy atom. The van der Waals surface area contributed by atoms with Gasteiger partial charge in [0.05, 0.1) is 7.11 Å². The summed E-state index contributed by atoms with van der Waals surface area (Å²) in [5.74, 6) is 2.50. The van der Waals surface area contributed by atoms with Crippen LogP contribution in [0.3, 0.4) is 0 Å². The smallest absolute Gasteiger partial charge is 0.130 e. The van der Waals surface area contributed by atoms with E-state index in [9.17, 15) is 0 Å². The molecule has 4 nitrogen and oxygen atoms in total. The molecule has 0 aliphatic rings. The van der Waals surface area contributed by atoms with Gasteiger partial charge in [0, 0.05) is 23.9 Å². The van der Waals surface area contributed by atoms with Crippen molar-refractivity contribution in [3.63, 3.8) is 0 Å². The van der Waals surface area contributed by atoms with Gasteiger partial charge in [0.15, 0.2) is 0 Å². The highest BCUT2D eigenvalue weighted by Crippen LogP contribution is 2.18. The predicted molar refractivity (Wildman–Crippen MR) is 71.8 cm³/mol. The third-order valence-corrected chi connectivity index (χ3v) is 2.62. The van der Waals surface area contributed by atoms with Crippen LogP contribution in [0, 0.1) is 13.8 Å². The minimum atomic E-state index is 0.680. The Morgan fingerprint density at radius 3 is 2.67 bits per heavy atom. The van der Waals surface area contributed by atoms with E-state index in [1.165, 1.54) is 0 Å². The van der Waals surface area contributed by atoms with E-state index in [1.54, 1.807) is 7.11 Å². The zero-order valence-electron chi connectivity index (χ0n) is 10.9. The molecule has 0 aliphatic heterocycles. The Hall–Kier alpha value is -2.10. The number of rotatable bonds is 4. The van der Waals surface area contributed by atoms with Crippen LogP contribution in [0.15, 0.2) is 30.3 Å². The van der Waals surface area contributed by atoms with Crippen molar-refractivity contribution in [1.82, 2.24) is 9.97 Å². The normalized spacial score (nSPS) is 10.2. The molecule has 1 aromatic carbocycles. The highest BCUT2D eigenvalue weighted by Gasteiger charge is 2.03. The fourth-order valence-electron chi connectivity index (χ4n) is 1.84. The quantitative estimate of drug-likeness (QED) is 0.897. The Balaban J connectivity index is 2.11. The SMILES string of the molecule is COc1ccccc1CNc1cc(C)nc(C)n1. The molecule has 4 heteroatoms. The minimum Gasteiger partial charge on any atom is -0.496 e. The molecule has 1 aromatic heterocycles. The summed E-state index contributed by atoms with van der Waals surface area (Å²) in [6.45, 7) is 4.53. The van der Waals surface area contributed by atoms with Gasteiger partial charge in [-0.05, 0) is 19.9 Å². The van der Waals surface area contributed by atoms with Crippen molar-refractivity contribution in [3.05, 3.63) is 47.4 Å². The van der Waals surface area contributed by atoms with Gasteiger partial charge in [-0.25, -0.2) is 9.97 Å². The van der Waals surface area contributed by atoms with Gasteiger partial charge in [0.2, 0.25) is 0 Å². The Kier molecular flexibility index (Phi) is 3.77. The Labute approximate surface area is 107 Å². The van der Waals surface area contributed by atoms with Gasteiger partial charge in [0.25, 0.3) is 0 Å². The van der Waals surface area contributed by atoms with Crippen molar-refractivity contribution in [1.29, 1.82) is 0 Å². The van der Waals surface area contributed by atoms with Gasteiger partial charge in [-0.3, -0.25) is 0 Å². The largest absolute Gasteiger partial charge is 0.496 e. The summed E-state index contributed by atoms with van der Waals surface area (Å²) in [6, 6.07) is 9.87. The molecule has 0 fully saturated rings. The van der Waals surface area contributed by atoms with Gasteiger partial charge >= 0.3 is 0 Å². The van der Waals surface area contributed by atoms with Crippen LogP contribution in [-0.4, -0.2) is 17.1 Å². The zero-order chi connectivity index (χ0) is 13.0. The summed E-state index contributed by atoms with van der Waals surface area (Å²) in [6.07, 6.45) is 0. The second kappa shape index (κ2) is 5.49. The number of ether oxygens (including phenoxy) is 1. The number of hydrogen-bond acceptors (Lipinski definition) is 4. The van der Waals surface area contributed by atoms with Crippen molar-refractivity contribution in [2.75, 3.05) is 12.4 Å². The molecule has 0 spiro atoms. The van der Waals surface area contributed by atoms with Gasteiger partial charge in [0.1, 0.15) is 17.4 Å². The van der Waals surface area contributed by atoms with Crippen molar-refractivity contribution >= 4 is 5.82 Å². The van der Waals surface area contributed by atoms with Gasteiger partial charge in [-0.1, -0.05) is 18.2 Å². The number of hydrogen-bond donors (Lipinski definition) is 1. The molecule has 0 unspecified atom stereocenters. The average Bonchev–Trinajstić information content (AvgIpc) is 2.35. The standard InChI is InChI=1S/C14H17N3O/c1-10-8-14(17-11(2)16-10)15-9-12-6-4-5-7-13(12)18-3/h4-8H,9H2,1-3H3,(H,15,16,17). The Bertz CT molecular complexity index is 520. The van der Waals surface area contributed by atoms with Crippen LogP contribution in [0.4, 0.5) is 5.82 Å². The molecule has 18 heavy (non-hydrogen) atoms. The second-order valence-electron chi connectivity index (χ2n) is 4.11. The van der Waals surface area contributed by atoms with Crippen LogP contribution < -0.4 is 10.1 Å². The molecule has 1 N–H and O–H groups in total. The fourth-order valence-corrected chi connectivity index (χ4v) is 1.84. The zero-order valence-corrected chi connectivity index (χ0v) is 10.9. The predicted octanol–water partition coefficient (Wildman–Crippen LogP) is 2.71. The van der Waals surface area contributed by atoms with Gasteiger partial charge < -0.3 is 10.1 Å². The summed E-state index contributed by atoms with van der Waals surface area (Å²) < 4.78 is 5.31. The topological polar surface area (TPSA) is 47.0 Å². The second-order valence-corrected chi connectivity index (χ2v) is 4.11. The van der Waals surface area contributed by atoms with E-state index in [4.69, 9.17) is 4.74 Å². The lowest BCUT2D eigenvalue weighted by atomic mass is 10.2. The third kappa shape index (κ3) is 2.97. The number of nitrogens with one attached hydrogen (secondary N) is 1. The lowest BCUT2D eigenvalue weighted by Gasteiger charge is -2.10. The fraction of sp³-hybridized carbons (Fsp3) is 0.286. The van der Waals surface area contributed by atoms with E-state index >= 15 is 0 Å². The highest BCUT2D eigenvalue weighted by atomic mass is 16.5. The van der Waals surface area contributed by atoms with E-state index < -0.39 is 0 Å². The first-order chi connectivity index (χ1) is 8.69. The summed E-state index contributed by atoms with van der Waals surface area (Å²) in [5, 5.41) is 3.29. The number of aromatic nitrogens is 2. The number of methoxy groups -OCH3 is 1. The molecule has 0 radical (unpaired) electrons. The molecule has 2 rings (SSSR count). The van der Waals surface area contributed by atoms with Crippen LogP contribution >= 0.6 is 0 Å². The molecule has 0 saturated carbocycles. The molecule has 1 heterocycles. The van der Waals surface area contributed by atoms with Crippen LogP contribution in [0.1, 0.15) is 17.1 Å². The third-order valence-electron chi connectivity index (χ3n) is 2.62. The first-order valence-corrected chi connectivity index (χ1v) is 5.87. The Morgan fingerprint density at radius 1 is 1.17 bits per heavy atom. The van der Waals surface area contributed by atoms with Crippen molar-refractivity contribution in [2.24, 2.45) is 0 Å². The van der Waals surface area contributed by atoms with Crippen molar-refractivity contribution < 1.29 is 4.74 Å². The number of aryl methyl sites for hydroxylation is 2. The maximum absolute atomic E-state index is 5.31. The summed E-state index contributed by atoms with van der Waals surface area (Å²) >= 11 is 0. The van der Waals surface area contributed by atoms with Crippen molar-refractivity contribution in [2.45, 2.75) is 20.4 Å². The van der Waals surface area contributed by atoms with E-state index in [1.807, 2.05) is 44.2 Å². The van der Waals surface area contributed by atoms with E-state index in [0.29, 0.717) is 6.54 Å². The van der Waals surface area contributed by atoms with Crippen LogP contribution in [0.25, 0.3) is 0 Å². The maximum Gasteiger partial charge on any atom is 0.130 e. The maximum atomic E-state index is 5.31. The van der Waals surface area contributed by atoms with Crippen LogP contribution in [0.2, 0.25) is 0 Å². The van der Waals surface area contributed by atoms with E-state index in [2.05, 4.69) is 15.3 Å². The summed E-state index contributed by atoms with van der Waals surface area (Å²) in [4.78, 5) is 8.59. The summed E-state index contributed by atoms with van der Waals surface area (Å²) in [7, 11) is 1.68. The molecule has 94 valence electrons. The first kappa shape index (κ1) is 12.4. The van der Waals surface area contributed by atoms with E-state index in [-0.39, 0.29) is 0 Å². The lowest BCUT2D eigenvalue weighted by Crippen LogP contribution is -2.05. The van der Waals surface area contributed by atoms with Crippen LogP contribution in [0.5, 0.6) is 5.75 Å². The molecule has 0 saturated heterocycles. The number of nitrogens with zero attached hydrogens (tertiary/aromatic N) is 2. The first-order valence-electron chi connectivity index (χ1n) is 5.87. The average molecular weight is 243 g/mol. The lowest BCUT2D eigenvalue weighted by molar-refractivity contribution is 0.410. The molecular formula is C14H17N3O. The highest BCUT2D eigenvalue weighted by molar-refractivity contribution is 5.40. The monoisotopic (exact) mass is 243 g/mol. The summed E-state index contributed by atoms with van der Waals surface area (Å²) in [5.41, 5.74) is 2.07. The van der Waals surface area contributed by atoms with E-state index in [0.717, 1.165) is 28.6 Å². The molecule has 2 aromatic rings. The molecule has 0 bridgehead atoms. The van der Waals surface area contributed by atoms with Gasteiger partial charge in [-0.15, -0.1) is 0 Å². The molecule has 0 aliphatic carbocycles. The number of anilines is 1. The number of para-hydroxylation sites is 1. The van der Waals surface area contributed by atoms with Crippen LogP contribution in [-0.2, 0) is 6.54 Å². The van der Waals surface area contributed by atoms with Gasteiger partial charge in [-0.2, -0.15) is 0 Å². The van der Waals surface area contributed by atoms with Crippen molar-refractivity contribution in [3.8, 4) is 5.75 Å².